The molecular weight excluding hydrogens is 488 g/mol. The summed E-state index contributed by atoms with van der Waals surface area (Å²) in [5, 5.41) is 6.09. The zero-order chi connectivity index (χ0) is 26.2. The van der Waals surface area contributed by atoms with E-state index in [1.54, 1.807) is 0 Å². The molecule has 5 aromatic carbocycles. The number of imidazole rings is 1. The first-order valence-electron chi connectivity index (χ1n) is 13.5. The van der Waals surface area contributed by atoms with Crippen LogP contribution in [-0.4, -0.2) is 18.9 Å². The summed E-state index contributed by atoms with van der Waals surface area (Å²) in [6.07, 6.45) is 3.74. The molecule has 186 valence electrons. The Balaban J connectivity index is 1.47. The summed E-state index contributed by atoms with van der Waals surface area (Å²) in [5.41, 5.74) is 10.0. The fraction of sp³-hybridized carbons (Fsp3) is 0. The van der Waals surface area contributed by atoms with Crippen LogP contribution in [0.3, 0.4) is 0 Å². The molecule has 0 saturated heterocycles. The highest BCUT2D eigenvalue weighted by molar-refractivity contribution is 6.20. The van der Waals surface area contributed by atoms with Gasteiger partial charge in [-0.25, -0.2) is 4.98 Å². The van der Waals surface area contributed by atoms with Crippen molar-refractivity contribution in [1.29, 1.82) is 0 Å². The Morgan fingerprint density at radius 2 is 1.23 bits per heavy atom. The molecule has 40 heavy (non-hydrogen) atoms. The van der Waals surface area contributed by atoms with Crippen molar-refractivity contribution in [2.45, 2.75) is 0 Å². The number of benzene rings is 5. The lowest BCUT2D eigenvalue weighted by Gasteiger charge is -2.12. The second kappa shape index (κ2) is 8.01. The lowest BCUT2D eigenvalue weighted by atomic mass is 10.0. The second-order valence-corrected chi connectivity index (χ2v) is 10.3. The molecule has 0 aliphatic rings. The van der Waals surface area contributed by atoms with Crippen LogP contribution < -0.4 is 0 Å². The summed E-state index contributed by atoms with van der Waals surface area (Å²) in [6, 6.07) is 43.3. The molecule has 0 N–H and O–H groups in total. The molecule has 9 aromatic rings. The summed E-state index contributed by atoms with van der Waals surface area (Å²) in [4.78, 5) is 9.44. The Morgan fingerprint density at radius 3 is 2.10 bits per heavy atom. The first-order chi connectivity index (χ1) is 19.8. The van der Waals surface area contributed by atoms with E-state index in [1.807, 2.05) is 18.5 Å². The maximum atomic E-state index is 5.09. The molecule has 0 fully saturated rings. The van der Waals surface area contributed by atoms with Gasteiger partial charge in [0.1, 0.15) is 5.65 Å². The number of nitrogens with zero attached hydrogens (tertiary/aromatic N) is 4. The van der Waals surface area contributed by atoms with Gasteiger partial charge in [-0.05, 0) is 59.5 Å². The Kier molecular flexibility index (Phi) is 4.30. The number of rotatable bonds is 2. The summed E-state index contributed by atoms with van der Waals surface area (Å²) in [6.45, 7) is 0. The van der Waals surface area contributed by atoms with E-state index in [9.17, 15) is 0 Å². The first-order valence-corrected chi connectivity index (χ1v) is 13.5. The molecule has 0 amide bonds. The molecule has 0 aliphatic carbocycles. The van der Waals surface area contributed by atoms with Gasteiger partial charge < -0.3 is 4.57 Å². The maximum absolute atomic E-state index is 5.09. The van der Waals surface area contributed by atoms with Gasteiger partial charge >= 0.3 is 0 Å². The van der Waals surface area contributed by atoms with E-state index in [0.29, 0.717) is 0 Å². The minimum absolute atomic E-state index is 0.991. The van der Waals surface area contributed by atoms with E-state index in [4.69, 9.17) is 4.98 Å². The summed E-state index contributed by atoms with van der Waals surface area (Å²) >= 11 is 0. The van der Waals surface area contributed by atoms with Gasteiger partial charge in [-0.1, -0.05) is 72.8 Å². The van der Waals surface area contributed by atoms with Crippen molar-refractivity contribution in [2.75, 3.05) is 0 Å². The predicted octanol–water partition coefficient (Wildman–Crippen LogP) is 8.95. The van der Waals surface area contributed by atoms with Gasteiger partial charge in [-0.15, -0.1) is 0 Å². The van der Waals surface area contributed by atoms with E-state index in [1.165, 1.54) is 38.0 Å². The largest absolute Gasteiger partial charge is 0.309 e. The maximum Gasteiger partial charge on any atom is 0.146 e. The van der Waals surface area contributed by atoms with Gasteiger partial charge in [0.15, 0.2) is 0 Å². The van der Waals surface area contributed by atoms with E-state index in [0.717, 1.165) is 39.0 Å². The fourth-order valence-corrected chi connectivity index (χ4v) is 6.40. The molecule has 0 atom stereocenters. The second-order valence-electron chi connectivity index (χ2n) is 10.3. The molecule has 0 spiro atoms. The third kappa shape index (κ3) is 2.90. The van der Waals surface area contributed by atoms with Crippen molar-refractivity contribution < 1.29 is 0 Å². The van der Waals surface area contributed by atoms with Crippen LogP contribution in [0.2, 0.25) is 0 Å². The third-order valence-corrected chi connectivity index (χ3v) is 8.15. The highest BCUT2D eigenvalue weighted by Gasteiger charge is 2.18. The van der Waals surface area contributed by atoms with Crippen LogP contribution in [0.25, 0.3) is 77.0 Å². The van der Waals surface area contributed by atoms with Crippen LogP contribution in [0.4, 0.5) is 0 Å². The van der Waals surface area contributed by atoms with Crippen molar-refractivity contribution in [1.82, 2.24) is 18.9 Å². The van der Waals surface area contributed by atoms with E-state index < -0.39 is 0 Å². The molecule has 0 unspecified atom stereocenters. The zero-order valence-corrected chi connectivity index (χ0v) is 21.5. The average molecular weight is 511 g/mol. The monoisotopic (exact) mass is 510 g/mol. The summed E-state index contributed by atoms with van der Waals surface area (Å²) in [7, 11) is 0. The Bertz CT molecular complexity index is 2430. The van der Waals surface area contributed by atoms with Crippen molar-refractivity contribution >= 4 is 60.2 Å². The lowest BCUT2D eigenvalue weighted by molar-refractivity contribution is 1.18. The normalized spacial score (nSPS) is 12.0. The van der Waals surface area contributed by atoms with Gasteiger partial charge in [0, 0.05) is 45.2 Å². The number of pyridine rings is 2. The van der Waals surface area contributed by atoms with Crippen molar-refractivity contribution in [3.05, 3.63) is 134 Å². The summed E-state index contributed by atoms with van der Waals surface area (Å²) < 4.78 is 4.73. The number of fused-ring (bicyclic) bond motifs is 11. The summed E-state index contributed by atoms with van der Waals surface area (Å²) in [5.74, 6) is 0. The molecule has 0 saturated carbocycles. The molecule has 4 aromatic heterocycles. The number of para-hydroxylation sites is 3. The number of hydrogen-bond donors (Lipinski definition) is 0. The van der Waals surface area contributed by atoms with E-state index >= 15 is 0 Å². The molecule has 0 radical (unpaired) electrons. The van der Waals surface area contributed by atoms with Crippen molar-refractivity contribution in [3.8, 4) is 16.8 Å². The van der Waals surface area contributed by atoms with Crippen LogP contribution in [0.15, 0.2) is 134 Å². The zero-order valence-electron chi connectivity index (χ0n) is 21.5. The van der Waals surface area contributed by atoms with Crippen molar-refractivity contribution in [2.24, 2.45) is 0 Å². The van der Waals surface area contributed by atoms with Crippen LogP contribution in [0, 0.1) is 0 Å². The lowest BCUT2D eigenvalue weighted by Crippen LogP contribution is -1.96. The standard InChI is InChI=1S/C36H22N4/c1-2-14-28-26(12-1)29-20-30-27-13-3-5-16-32(27)39(25-11-7-9-23(19-25)24-10-8-18-37-22-24)34(30)21-35(29)40-33-17-6-4-15-31(33)38-36(28)40/h1-22H. The minimum Gasteiger partial charge on any atom is -0.309 e. The Morgan fingerprint density at radius 1 is 0.475 bits per heavy atom. The average Bonchev–Trinajstić information content (AvgIpc) is 3.57. The van der Waals surface area contributed by atoms with Crippen molar-refractivity contribution in [3.63, 3.8) is 0 Å². The van der Waals surface area contributed by atoms with Gasteiger partial charge in [-0.2, -0.15) is 0 Å². The predicted molar refractivity (Wildman–Crippen MR) is 165 cm³/mol. The third-order valence-electron chi connectivity index (χ3n) is 8.15. The minimum atomic E-state index is 0.991. The Hall–Kier alpha value is -5.48. The van der Waals surface area contributed by atoms with Crippen LogP contribution in [-0.2, 0) is 0 Å². The SMILES string of the molecule is c1cncc(-c2cccc(-n3c4ccccc4c4cc5c6ccccc6c6nc7ccccc7n6c5cc43)c2)c1. The van der Waals surface area contributed by atoms with Gasteiger partial charge in [0.25, 0.3) is 0 Å². The molecule has 4 heterocycles. The van der Waals surface area contributed by atoms with Crippen LogP contribution in [0.5, 0.6) is 0 Å². The molecule has 0 bridgehead atoms. The first kappa shape index (κ1) is 21.5. The van der Waals surface area contributed by atoms with Crippen LogP contribution in [0.1, 0.15) is 0 Å². The van der Waals surface area contributed by atoms with Gasteiger partial charge in [0.05, 0.1) is 27.6 Å². The molecule has 0 aliphatic heterocycles. The molecule has 9 rings (SSSR count). The van der Waals surface area contributed by atoms with E-state index in [-0.39, 0.29) is 0 Å². The molecular formula is C36H22N4. The smallest absolute Gasteiger partial charge is 0.146 e. The highest BCUT2D eigenvalue weighted by Crippen LogP contribution is 2.39. The fourth-order valence-electron chi connectivity index (χ4n) is 6.40. The topological polar surface area (TPSA) is 35.1 Å². The van der Waals surface area contributed by atoms with Gasteiger partial charge in [-0.3, -0.25) is 9.38 Å². The molecule has 4 nitrogen and oxygen atoms in total. The van der Waals surface area contributed by atoms with Crippen LogP contribution >= 0.6 is 0 Å². The Labute approximate surface area is 229 Å². The molecule has 4 heteroatoms. The highest BCUT2D eigenvalue weighted by atomic mass is 15.0. The van der Waals surface area contributed by atoms with E-state index in [2.05, 4.69) is 129 Å². The quantitative estimate of drug-likeness (QED) is 0.218. The number of hydrogen-bond acceptors (Lipinski definition) is 2. The van der Waals surface area contributed by atoms with Gasteiger partial charge in [0.2, 0.25) is 0 Å². The number of aromatic nitrogens is 4.